The Kier molecular flexibility index (Phi) is 7.63. The molecule has 0 fully saturated rings. The van der Waals surface area contributed by atoms with Crippen LogP contribution in [0.2, 0.25) is 0 Å². The molecule has 0 spiro atoms. The maximum atomic E-state index is 12.3. The van der Waals surface area contributed by atoms with E-state index in [2.05, 4.69) is 10.1 Å². The van der Waals surface area contributed by atoms with Gasteiger partial charge in [-0.1, -0.05) is 12.1 Å². The van der Waals surface area contributed by atoms with Crippen molar-refractivity contribution in [3.63, 3.8) is 0 Å². The minimum atomic E-state index is -4.38. The summed E-state index contributed by atoms with van der Waals surface area (Å²) in [5.41, 5.74) is -3.75. The van der Waals surface area contributed by atoms with Crippen molar-refractivity contribution in [2.45, 2.75) is 30.9 Å². The van der Waals surface area contributed by atoms with E-state index in [0.717, 1.165) is 6.08 Å². The number of benzene rings is 1. The molecule has 1 rings (SSSR count). The third kappa shape index (κ3) is 8.47. The zero-order valence-electron chi connectivity index (χ0n) is 13.0. The molecule has 9 heteroatoms. The summed E-state index contributed by atoms with van der Waals surface area (Å²) >= 11 is -0.245. The summed E-state index contributed by atoms with van der Waals surface area (Å²) < 4.78 is 46.5. The molecule has 0 aliphatic heterocycles. The fourth-order valence-corrected chi connectivity index (χ4v) is 2.20. The van der Waals surface area contributed by atoms with E-state index < -0.39 is 17.6 Å². The van der Waals surface area contributed by atoms with Crippen LogP contribution in [0.1, 0.15) is 19.4 Å². The van der Waals surface area contributed by atoms with E-state index >= 15 is 0 Å². The van der Waals surface area contributed by atoms with E-state index in [9.17, 15) is 22.8 Å². The van der Waals surface area contributed by atoms with Crippen LogP contribution < -0.4 is 5.32 Å². The number of carbonyl (C=O) groups is 2. The zero-order chi connectivity index (χ0) is 18.2. The molecule has 0 saturated heterocycles. The molecule has 0 bridgehead atoms. The Morgan fingerprint density at radius 3 is 2.62 bits per heavy atom. The molecule has 1 aromatic carbocycles. The molecule has 0 aliphatic rings. The van der Waals surface area contributed by atoms with Crippen LogP contribution in [0.3, 0.4) is 0 Å². The van der Waals surface area contributed by atoms with Gasteiger partial charge in [-0.2, -0.15) is 13.2 Å². The van der Waals surface area contributed by atoms with Crippen molar-refractivity contribution in [3.8, 4) is 0 Å². The topological polar surface area (TPSA) is 64.6 Å². The van der Waals surface area contributed by atoms with Gasteiger partial charge in [-0.15, -0.1) is 0 Å². The van der Waals surface area contributed by atoms with Crippen molar-refractivity contribution >= 4 is 23.8 Å². The average molecular weight is 363 g/mol. The normalized spacial score (nSPS) is 11.8. The average Bonchev–Trinajstić information content (AvgIpc) is 2.43. The van der Waals surface area contributed by atoms with Gasteiger partial charge in [-0.3, -0.25) is 5.32 Å². The van der Waals surface area contributed by atoms with Gasteiger partial charge in [0.2, 0.25) is 0 Å². The van der Waals surface area contributed by atoms with Crippen LogP contribution in [0, 0.1) is 0 Å². The Morgan fingerprint density at radius 2 is 2.00 bits per heavy atom. The monoisotopic (exact) mass is 363 g/mol. The van der Waals surface area contributed by atoms with E-state index in [0.29, 0.717) is 5.56 Å². The van der Waals surface area contributed by atoms with Crippen LogP contribution >= 0.6 is 11.8 Å². The number of carbonyl (C=O) groups excluding carboxylic acids is 2. The minimum Gasteiger partial charge on any atom is -0.463 e. The SMILES string of the molecule is CCOC(=O)C=C(C)NC(=O)OCc1cccc(SC(F)(F)F)c1. The van der Waals surface area contributed by atoms with E-state index in [1.54, 1.807) is 6.92 Å². The van der Waals surface area contributed by atoms with Crippen molar-refractivity contribution in [2.75, 3.05) is 6.61 Å². The van der Waals surface area contributed by atoms with Gasteiger partial charge in [0, 0.05) is 16.7 Å². The van der Waals surface area contributed by atoms with E-state index in [1.807, 2.05) is 0 Å². The molecular weight excluding hydrogens is 347 g/mol. The van der Waals surface area contributed by atoms with Gasteiger partial charge < -0.3 is 9.47 Å². The summed E-state index contributed by atoms with van der Waals surface area (Å²) in [5, 5.41) is 2.31. The second-order valence-electron chi connectivity index (χ2n) is 4.48. The summed E-state index contributed by atoms with van der Waals surface area (Å²) in [5.74, 6) is -0.604. The first-order chi connectivity index (χ1) is 11.2. The fourth-order valence-electron chi connectivity index (χ4n) is 1.58. The van der Waals surface area contributed by atoms with Crippen molar-refractivity contribution in [1.29, 1.82) is 0 Å². The highest BCUT2D eigenvalue weighted by Gasteiger charge is 2.29. The number of ether oxygens (including phenoxy) is 2. The van der Waals surface area contributed by atoms with Crippen LogP contribution in [-0.2, 0) is 20.9 Å². The predicted molar refractivity (Wildman–Crippen MR) is 82.1 cm³/mol. The highest BCUT2D eigenvalue weighted by atomic mass is 32.2. The molecule has 0 unspecified atom stereocenters. The van der Waals surface area contributed by atoms with Crippen molar-refractivity contribution in [1.82, 2.24) is 5.32 Å². The molecule has 1 N–H and O–H groups in total. The van der Waals surface area contributed by atoms with Crippen molar-refractivity contribution in [3.05, 3.63) is 41.6 Å². The number of halogens is 3. The van der Waals surface area contributed by atoms with Crippen LogP contribution in [0.25, 0.3) is 0 Å². The van der Waals surface area contributed by atoms with Gasteiger partial charge >= 0.3 is 17.6 Å². The first-order valence-corrected chi connectivity index (χ1v) is 7.64. The lowest BCUT2D eigenvalue weighted by Gasteiger charge is -2.09. The largest absolute Gasteiger partial charge is 0.463 e. The highest BCUT2D eigenvalue weighted by Crippen LogP contribution is 2.36. The van der Waals surface area contributed by atoms with Crippen LogP contribution in [0.4, 0.5) is 18.0 Å². The summed E-state index contributed by atoms with van der Waals surface area (Å²) in [6.07, 6.45) is 0.257. The predicted octanol–water partition coefficient (Wildman–Crippen LogP) is 3.99. The van der Waals surface area contributed by atoms with Crippen LogP contribution in [-0.4, -0.2) is 24.2 Å². The number of hydrogen-bond acceptors (Lipinski definition) is 5. The lowest BCUT2D eigenvalue weighted by Crippen LogP contribution is -2.23. The molecule has 1 aromatic rings. The lowest BCUT2D eigenvalue weighted by atomic mass is 10.2. The zero-order valence-corrected chi connectivity index (χ0v) is 13.8. The number of alkyl halides is 3. The summed E-state index contributed by atoms with van der Waals surface area (Å²) in [7, 11) is 0. The molecule has 132 valence electrons. The van der Waals surface area contributed by atoms with E-state index in [1.165, 1.54) is 31.2 Å². The maximum Gasteiger partial charge on any atom is 0.446 e. The van der Waals surface area contributed by atoms with Crippen molar-refractivity contribution in [2.24, 2.45) is 0 Å². The third-order valence-electron chi connectivity index (χ3n) is 2.42. The molecule has 0 aliphatic carbocycles. The maximum absolute atomic E-state index is 12.3. The van der Waals surface area contributed by atoms with Gasteiger partial charge in [0.05, 0.1) is 6.61 Å². The lowest BCUT2D eigenvalue weighted by molar-refractivity contribution is -0.137. The Labute approximate surface area is 141 Å². The van der Waals surface area contributed by atoms with Crippen LogP contribution in [0.5, 0.6) is 0 Å². The number of alkyl carbamates (subject to hydrolysis) is 1. The van der Waals surface area contributed by atoms with Crippen molar-refractivity contribution < 1.29 is 32.2 Å². The molecular formula is C15H16F3NO4S. The first-order valence-electron chi connectivity index (χ1n) is 6.83. The van der Waals surface area contributed by atoms with Crippen LogP contribution in [0.15, 0.2) is 40.9 Å². The number of amides is 1. The molecule has 0 saturated carbocycles. The third-order valence-corrected chi connectivity index (χ3v) is 3.14. The molecule has 24 heavy (non-hydrogen) atoms. The van der Waals surface area contributed by atoms with Gasteiger partial charge in [-0.25, -0.2) is 9.59 Å². The van der Waals surface area contributed by atoms with E-state index in [4.69, 9.17) is 4.74 Å². The Bertz CT molecular complexity index is 617. The number of rotatable bonds is 6. The number of allylic oxidation sites excluding steroid dienone is 1. The molecule has 1 amide bonds. The summed E-state index contributed by atoms with van der Waals surface area (Å²) in [6, 6.07) is 5.58. The molecule has 0 heterocycles. The molecule has 0 radical (unpaired) electrons. The Balaban J connectivity index is 2.52. The number of esters is 1. The highest BCUT2D eigenvalue weighted by molar-refractivity contribution is 8.00. The Hall–Kier alpha value is -2.16. The van der Waals surface area contributed by atoms with Gasteiger partial charge in [0.25, 0.3) is 0 Å². The molecule has 0 atom stereocenters. The molecule has 0 aromatic heterocycles. The second kappa shape index (κ2) is 9.21. The van der Waals surface area contributed by atoms with Gasteiger partial charge in [-0.05, 0) is 43.3 Å². The minimum absolute atomic E-state index is 0.00222. The quantitative estimate of drug-likeness (QED) is 0.470. The van der Waals surface area contributed by atoms with Gasteiger partial charge in [0.1, 0.15) is 6.61 Å². The Morgan fingerprint density at radius 1 is 1.29 bits per heavy atom. The first kappa shape index (κ1) is 19.9. The second-order valence-corrected chi connectivity index (χ2v) is 5.61. The summed E-state index contributed by atoms with van der Waals surface area (Å²) in [6.45, 7) is 3.12. The fraction of sp³-hybridized carbons (Fsp3) is 0.333. The standard InChI is InChI=1S/C15H16F3NO4S/c1-3-22-13(20)7-10(2)19-14(21)23-9-11-5-4-6-12(8-11)24-15(16,17)18/h4-8H,3,9H2,1-2H3,(H,19,21). The van der Waals surface area contributed by atoms with E-state index in [-0.39, 0.29) is 35.6 Å². The smallest absolute Gasteiger partial charge is 0.446 e. The number of nitrogens with one attached hydrogen (secondary N) is 1. The summed E-state index contributed by atoms with van der Waals surface area (Å²) in [4.78, 5) is 22.8. The molecule has 5 nitrogen and oxygen atoms in total. The van der Waals surface area contributed by atoms with Gasteiger partial charge in [0.15, 0.2) is 0 Å². The number of hydrogen-bond donors (Lipinski definition) is 1. The number of thioether (sulfide) groups is 1.